The van der Waals surface area contributed by atoms with Crippen molar-refractivity contribution in [3.8, 4) is 17.9 Å². The number of thiophene rings is 1. The van der Waals surface area contributed by atoms with E-state index in [2.05, 4.69) is 21.5 Å². The minimum atomic E-state index is -3.76. The Hall–Kier alpha value is -2.39. The van der Waals surface area contributed by atoms with Crippen LogP contribution < -0.4 is 10.5 Å². The third-order valence-corrected chi connectivity index (χ3v) is 5.10. The standard InChI is InChI=1S/C13H10N4O2S2/c14-8-2-4-10-3-1-5-12(16-10)17-21(18,19)13-7-6-11(9-15)20-13/h1,3,5-7H,8,14H2,(H,16,17). The first kappa shape index (κ1) is 15.0. The third kappa shape index (κ3) is 3.80. The molecule has 0 spiro atoms. The second kappa shape index (κ2) is 6.37. The minimum Gasteiger partial charge on any atom is -0.320 e. The number of nitriles is 1. The Kier molecular flexibility index (Phi) is 4.55. The van der Waals surface area contributed by atoms with Gasteiger partial charge in [0.15, 0.2) is 0 Å². The molecule has 0 unspecified atom stereocenters. The minimum absolute atomic E-state index is 0.0549. The highest BCUT2D eigenvalue weighted by atomic mass is 32.2. The second-order valence-corrected chi connectivity index (χ2v) is 6.74. The van der Waals surface area contributed by atoms with Gasteiger partial charge in [0, 0.05) is 0 Å². The van der Waals surface area contributed by atoms with Crippen molar-refractivity contribution in [3.05, 3.63) is 40.9 Å². The molecule has 3 N–H and O–H groups in total. The SMILES string of the molecule is N#Cc1ccc(S(=O)(=O)Nc2cccc(C#CCN)n2)s1. The van der Waals surface area contributed by atoms with E-state index >= 15 is 0 Å². The number of nitrogens with one attached hydrogen (secondary N) is 1. The molecule has 0 aliphatic rings. The van der Waals surface area contributed by atoms with E-state index in [0.717, 1.165) is 11.3 Å². The molecule has 0 amide bonds. The summed E-state index contributed by atoms with van der Waals surface area (Å²) in [5.41, 5.74) is 5.69. The lowest BCUT2D eigenvalue weighted by molar-refractivity contribution is 0.603. The maximum absolute atomic E-state index is 12.2. The lowest BCUT2D eigenvalue weighted by Gasteiger charge is -2.05. The molecule has 2 rings (SSSR count). The highest BCUT2D eigenvalue weighted by Crippen LogP contribution is 2.22. The molecule has 106 valence electrons. The molecule has 2 aromatic heterocycles. The van der Waals surface area contributed by atoms with Crippen molar-refractivity contribution in [2.45, 2.75) is 4.21 Å². The van der Waals surface area contributed by atoms with Gasteiger partial charge in [-0.25, -0.2) is 13.4 Å². The van der Waals surface area contributed by atoms with Gasteiger partial charge < -0.3 is 5.73 Å². The summed E-state index contributed by atoms with van der Waals surface area (Å²) in [4.78, 5) is 4.39. The average molecular weight is 318 g/mol. The largest absolute Gasteiger partial charge is 0.320 e. The molecule has 2 aromatic rings. The van der Waals surface area contributed by atoms with Gasteiger partial charge in [-0.05, 0) is 30.2 Å². The molecule has 21 heavy (non-hydrogen) atoms. The third-order valence-electron chi connectivity index (χ3n) is 2.26. The summed E-state index contributed by atoms with van der Waals surface area (Å²) < 4.78 is 26.7. The lowest BCUT2D eigenvalue weighted by atomic mass is 10.3. The fourth-order valence-electron chi connectivity index (χ4n) is 1.42. The van der Waals surface area contributed by atoms with Crippen molar-refractivity contribution < 1.29 is 8.42 Å². The Balaban J connectivity index is 2.26. The molecule has 0 radical (unpaired) electrons. The fourth-order valence-corrected chi connectivity index (χ4v) is 3.52. The molecule has 0 bridgehead atoms. The zero-order chi connectivity index (χ0) is 15.3. The average Bonchev–Trinajstić information content (AvgIpc) is 2.95. The number of hydrogen-bond acceptors (Lipinski definition) is 6. The van der Waals surface area contributed by atoms with Crippen molar-refractivity contribution in [1.82, 2.24) is 4.98 Å². The van der Waals surface area contributed by atoms with E-state index in [9.17, 15) is 8.42 Å². The van der Waals surface area contributed by atoms with Crippen LogP contribution in [0, 0.1) is 23.2 Å². The molecule has 2 heterocycles. The molecule has 0 aliphatic heterocycles. The van der Waals surface area contributed by atoms with Crippen LogP contribution in [0.5, 0.6) is 0 Å². The van der Waals surface area contributed by atoms with Gasteiger partial charge in [-0.1, -0.05) is 12.0 Å². The summed E-state index contributed by atoms with van der Waals surface area (Å²) in [6.45, 7) is 0.198. The molecule has 0 atom stereocenters. The number of rotatable bonds is 3. The van der Waals surface area contributed by atoms with Crippen LogP contribution in [0.1, 0.15) is 10.6 Å². The van der Waals surface area contributed by atoms with Gasteiger partial charge in [0.05, 0.1) is 6.54 Å². The highest BCUT2D eigenvalue weighted by molar-refractivity contribution is 7.94. The maximum Gasteiger partial charge on any atom is 0.272 e. The number of hydrogen-bond donors (Lipinski definition) is 2. The van der Waals surface area contributed by atoms with Gasteiger partial charge in [0.2, 0.25) is 0 Å². The first-order valence-electron chi connectivity index (χ1n) is 5.74. The summed E-state index contributed by atoms with van der Waals surface area (Å²) in [6.07, 6.45) is 0. The van der Waals surface area contributed by atoms with Crippen molar-refractivity contribution in [2.75, 3.05) is 11.3 Å². The maximum atomic E-state index is 12.2. The number of anilines is 1. The van der Waals surface area contributed by atoms with Crippen molar-refractivity contribution in [1.29, 1.82) is 5.26 Å². The van der Waals surface area contributed by atoms with E-state index in [1.54, 1.807) is 12.1 Å². The smallest absolute Gasteiger partial charge is 0.272 e. The van der Waals surface area contributed by atoms with Crippen LogP contribution in [0.15, 0.2) is 34.5 Å². The monoisotopic (exact) mass is 318 g/mol. The topological polar surface area (TPSA) is 109 Å². The number of pyridine rings is 1. The van der Waals surface area contributed by atoms with Crippen LogP contribution in [-0.2, 0) is 10.0 Å². The summed E-state index contributed by atoms with van der Waals surface area (Å²) in [6, 6.07) is 9.54. The van der Waals surface area contributed by atoms with E-state index in [0.29, 0.717) is 10.6 Å². The van der Waals surface area contributed by atoms with Crippen LogP contribution in [-0.4, -0.2) is 19.9 Å². The van der Waals surface area contributed by atoms with Crippen LogP contribution in [0.3, 0.4) is 0 Å². The summed E-state index contributed by atoms with van der Waals surface area (Å²) in [5, 5.41) is 8.73. The van der Waals surface area contributed by atoms with E-state index < -0.39 is 10.0 Å². The zero-order valence-corrected chi connectivity index (χ0v) is 12.3. The van der Waals surface area contributed by atoms with Gasteiger partial charge in [0.1, 0.15) is 26.7 Å². The Morgan fingerprint density at radius 2 is 2.14 bits per heavy atom. The number of nitrogens with two attached hydrogens (primary N) is 1. The molecule has 0 aliphatic carbocycles. The molecule has 6 nitrogen and oxygen atoms in total. The second-order valence-electron chi connectivity index (χ2n) is 3.75. The van der Waals surface area contributed by atoms with E-state index in [4.69, 9.17) is 11.0 Å². The first-order chi connectivity index (χ1) is 10.0. The Morgan fingerprint density at radius 3 is 2.81 bits per heavy atom. The van der Waals surface area contributed by atoms with E-state index in [1.165, 1.54) is 18.2 Å². The Morgan fingerprint density at radius 1 is 1.33 bits per heavy atom. The van der Waals surface area contributed by atoms with Crippen molar-refractivity contribution >= 4 is 27.2 Å². The molecule has 0 saturated heterocycles. The van der Waals surface area contributed by atoms with Gasteiger partial charge in [-0.2, -0.15) is 5.26 Å². The summed E-state index contributed by atoms with van der Waals surface area (Å²) in [5.74, 6) is 5.52. The zero-order valence-electron chi connectivity index (χ0n) is 10.7. The molecule has 0 fully saturated rings. The summed E-state index contributed by atoms with van der Waals surface area (Å²) in [7, 11) is -3.76. The van der Waals surface area contributed by atoms with E-state index in [-0.39, 0.29) is 16.6 Å². The van der Waals surface area contributed by atoms with Gasteiger partial charge in [0.25, 0.3) is 10.0 Å². The summed E-state index contributed by atoms with van der Waals surface area (Å²) >= 11 is 0.893. The quantitative estimate of drug-likeness (QED) is 0.824. The number of nitrogens with zero attached hydrogens (tertiary/aromatic N) is 2. The van der Waals surface area contributed by atoms with Gasteiger partial charge >= 0.3 is 0 Å². The molecular formula is C13H10N4O2S2. The lowest BCUT2D eigenvalue weighted by Crippen LogP contribution is -2.12. The molecule has 0 aromatic carbocycles. The van der Waals surface area contributed by atoms with E-state index in [1.807, 2.05) is 6.07 Å². The molecule has 0 saturated carbocycles. The fraction of sp³-hybridized carbons (Fsp3) is 0.0769. The highest BCUT2D eigenvalue weighted by Gasteiger charge is 2.17. The predicted octanol–water partition coefficient (Wildman–Crippen LogP) is 1.13. The Labute approximate surface area is 126 Å². The molecule has 8 heteroatoms. The van der Waals surface area contributed by atoms with Crippen LogP contribution in [0.2, 0.25) is 0 Å². The van der Waals surface area contributed by atoms with Crippen molar-refractivity contribution in [3.63, 3.8) is 0 Å². The van der Waals surface area contributed by atoms with Crippen molar-refractivity contribution in [2.24, 2.45) is 5.73 Å². The van der Waals surface area contributed by atoms with Crippen LogP contribution in [0.25, 0.3) is 0 Å². The normalized spacial score (nSPS) is 10.3. The van der Waals surface area contributed by atoms with Gasteiger partial charge in [-0.3, -0.25) is 4.72 Å². The van der Waals surface area contributed by atoms with Crippen LogP contribution >= 0.6 is 11.3 Å². The van der Waals surface area contributed by atoms with Crippen LogP contribution in [0.4, 0.5) is 5.82 Å². The number of sulfonamides is 1. The molecular weight excluding hydrogens is 308 g/mol. The first-order valence-corrected chi connectivity index (χ1v) is 8.04. The predicted molar refractivity (Wildman–Crippen MR) is 80.0 cm³/mol. The van der Waals surface area contributed by atoms with Gasteiger partial charge in [-0.15, -0.1) is 11.3 Å². The Bertz CT molecular complexity index is 854. The number of aromatic nitrogens is 1.